The van der Waals surface area contributed by atoms with Crippen LogP contribution in [0.15, 0.2) is 51.5 Å². The summed E-state index contributed by atoms with van der Waals surface area (Å²) in [6, 6.07) is 2.26. The number of anilines is 1. The highest BCUT2D eigenvalue weighted by Crippen LogP contribution is 2.40. The molecule has 2 aliphatic heterocycles. The first-order chi connectivity index (χ1) is 16.7. The Kier molecular flexibility index (Phi) is 6.57. The third-order valence-electron chi connectivity index (χ3n) is 5.25. The molecule has 0 radical (unpaired) electrons. The van der Waals surface area contributed by atoms with Crippen molar-refractivity contribution >= 4 is 57.6 Å². The number of pyridine rings is 1. The molecule has 4 rings (SSSR count). The molecule has 2 amide bonds. The highest BCUT2D eigenvalue weighted by Gasteiger charge is 2.54. The number of carbonyl (C=O) groups excluding carboxylic acids is 2. The molecule has 0 unspecified atom stereocenters. The zero-order valence-electron chi connectivity index (χ0n) is 17.7. The largest absolute Gasteiger partial charge is 0.477 e. The molecular weight excluding hydrogens is 500 g/mol. The van der Waals surface area contributed by atoms with Gasteiger partial charge in [-0.3, -0.25) is 14.5 Å². The number of β-lactam (4-membered cyclic amide) rings is 1. The fourth-order valence-electron chi connectivity index (χ4n) is 3.67. The molecule has 35 heavy (non-hydrogen) atoms. The molecule has 0 saturated carbocycles. The fraction of sp³-hybridized carbons (Fsp3) is 0.211. The predicted octanol–water partition coefficient (Wildman–Crippen LogP) is -1.28. The van der Waals surface area contributed by atoms with Crippen LogP contribution in [0.5, 0.6) is 0 Å². The number of oxime groups is 2. The van der Waals surface area contributed by atoms with E-state index in [1.165, 1.54) is 17.1 Å². The maximum absolute atomic E-state index is 12.9. The second-order valence-electron chi connectivity index (χ2n) is 7.39. The Morgan fingerprint density at radius 1 is 1.34 bits per heavy atom. The zero-order valence-corrected chi connectivity index (χ0v) is 19.4. The van der Waals surface area contributed by atoms with Crippen LogP contribution in [0.4, 0.5) is 5.13 Å². The van der Waals surface area contributed by atoms with Gasteiger partial charge in [0.05, 0.1) is 5.56 Å². The monoisotopic (exact) mass is 519 g/mol. The van der Waals surface area contributed by atoms with Gasteiger partial charge in [-0.2, -0.15) is 0 Å². The number of nitrogen functional groups attached to an aromatic ring is 1. The van der Waals surface area contributed by atoms with Gasteiger partial charge in [-0.1, -0.05) is 10.3 Å². The summed E-state index contributed by atoms with van der Waals surface area (Å²) in [6.07, 6.45) is 3.26. The Bertz CT molecular complexity index is 1310. The van der Waals surface area contributed by atoms with Crippen LogP contribution in [0.2, 0.25) is 0 Å². The summed E-state index contributed by atoms with van der Waals surface area (Å²) >= 11 is 2.33. The van der Waals surface area contributed by atoms with Crippen molar-refractivity contribution in [1.82, 2.24) is 15.2 Å². The van der Waals surface area contributed by atoms with E-state index in [-0.39, 0.29) is 34.7 Å². The Morgan fingerprint density at radius 2 is 2.11 bits per heavy atom. The molecule has 0 spiro atoms. The van der Waals surface area contributed by atoms with Crippen molar-refractivity contribution in [1.29, 1.82) is 0 Å². The van der Waals surface area contributed by atoms with Crippen LogP contribution in [0.1, 0.15) is 11.3 Å². The molecule has 0 aromatic carbocycles. The van der Waals surface area contributed by atoms with Gasteiger partial charge in [-0.25, -0.2) is 14.3 Å². The Morgan fingerprint density at radius 3 is 2.74 bits per heavy atom. The standard InChI is InChI=1S/C19H18N8O6S2/c20-14(25-33)8-2-1-3-26(4-8)5-9-6-34-17-12(16(29)27(17)13(9)18(30)31)23-15(28)11(24-32)10-7-35-19(21)22-10/h1-4,7,12,17H,5-6H2,(H7-,20,21,22,23,24,25,28,30,31,32,33)/p+1/t12-,17+/m1/s1. The number of fused-ring (bicyclic) bond motifs is 1. The van der Waals surface area contributed by atoms with Gasteiger partial charge in [-0.05, 0) is 6.07 Å². The number of amides is 2. The molecule has 0 aliphatic carbocycles. The van der Waals surface area contributed by atoms with E-state index < -0.39 is 34.9 Å². The molecular formula is C19H19N8O6S2+. The van der Waals surface area contributed by atoms with Gasteiger partial charge in [0.25, 0.3) is 11.8 Å². The number of thioether (sulfide) groups is 1. The van der Waals surface area contributed by atoms with Crippen molar-refractivity contribution in [2.75, 3.05) is 11.5 Å². The van der Waals surface area contributed by atoms with Crippen LogP contribution >= 0.6 is 23.1 Å². The number of rotatable bonds is 7. The number of hydrogen-bond donors (Lipinski definition) is 6. The van der Waals surface area contributed by atoms with Gasteiger partial charge in [-0.15, -0.1) is 23.1 Å². The highest BCUT2D eigenvalue weighted by molar-refractivity contribution is 8.00. The number of hydrogen-bond acceptors (Lipinski definition) is 11. The first-order valence-corrected chi connectivity index (χ1v) is 11.8. The lowest BCUT2D eigenvalue weighted by Gasteiger charge is -2.49. The minimum atomic E-state index is -1.29. The third-order valence-corrected chi connectivity index (χ3v) is 7.26. The lowest BCUT2D eigenvalue weighted by molar-refractivity contribution is -0.689. The number of nitrogens with zero attached hydrogens (tertiary/aromatic N) is 5. The maximum atomic E-state index is 12.9. The zero-order chi connectivity index (χ0) is 25.3. The Balaban J connectivity index is 1.53. The lowest BCUT2D eigenvalue weighted by atomic mass is 10.0. The smallest absolute Gasteiger partial charge is 0.352 e. The Labute approximate surface area is 205 Å². The van der Waals surface area contributed by atoms with E-state index in [4.69, 9.17) is 16.7 Å². The van der Waals surface area contributed by atoms with Crippen molar-refractivity contribution < 1.29 is 34.5 Å². The molecule has 8 N–H and O–H groups in total. The predicted molar refractivity (Wildman–Crippen MR) is 124 cm³/mol. The van der Waals surface area contributed by atoms with E-state index in [0.29, 0.717) is 11.1 Å². The van der Waals surface area contributed by atoms with Gasteiger partial charge < -0.3 is 32.3 Å². The van der Waals surface area contributed by atoms with Crippen LogP contribution in [0, 0.1) is 0 Å². The number of aliphatic carboxylic acids is 1. The molecule has 2 aromatic heterocycles. The fourth-order valence-corrected chi connectivity index (χ4v) is 5.56. The highest BCUT2D eigenvalue weighted by atomic mass is 32.2. The number of nitrogens with one attached hydrogen (secondary N) is 1. The summed E-state index contributed by atoms with van der Waals surface area (Å²) in [5.74, 6) is -2.58. The SMILES string of the molecule is NC(=NO)c1ccc[n+](CC2=C(C(=O)O)N3C(=O)[C@@H](NC(=O)C(=NO)c4csc(N)n4)[C@@H]3SC2)c1. The van der Waals surface area contributed by atoms with E-state index >= 15 is 0 Å². The summed E-state index contributed by atoms with van der Waals surface area (Å²) in [6.45, 7) is 0.140. The topological polar surface area (TPSA) is 221 Å². The van der Waals surface area contributed by atoms with Gasteiger partial charge >= 0.3 is 5.97 Å². The Hall–Kier alpha value is -4.18. The van der Waals surface area contributed by atoms with Crippen molar-refractivity contribution in [3.63, 3.8) is 0 Å². The molecule has 1 fully saturated rings. The van der Waals surface area contributed by atoms with Crippen molar-refractivity contribution in [3.8, 4) is 0 Å². The molecule has 2 atom stereocenters. The summed E-state index contributed by atoms with van der Waals surface area (Å²) < 4.78 is 1.65. The molecule has 1 saturated heterocycles. The molecule has 14 nitrogen and oxygen atoms in total. The minimum Gasteiger partial charge on any atom is -0.477 e. The minimum absolute atomic E-state index is 0.0481. The van der Waals surface area contributed by atoms with Crippen molar-refractivity contribution in [2.24, 2.45) is 16.0 Å². The quantitative estimate of drug-likeness (QED) is 0.0635. The molecule has 0 bridgehead atoms. The number of carboxylic acid groups (broad SMARTS) is 1. The summed E-state index contributed by atoms with van der Waals surface area (Å²) in [7, 11) is 0. The van der Waals surface area contributed by atoms with E-state index in [9.17, 15) is 24.7 Å². The molecule has 2 aromatic rings. The second kappa shape index (κ2) is 9.59. The normalized spacial score (nSPS) is 20.3. The van der Waals surface area contributed by atoms with Crippen LogP contribution in [-0.4, -0.2) is 71.9 Å². The lowest BCUT2D eigenvalue weighted by Crippen LogP contribution is -2.71. The maximum Gasteiger partial charge on any atom is 0.352 e. The van der Waals surface area contributed by atoms with Gasteiger partial charge in [0.1, 0.15) is 22.8 Å². The van der Waals surface area contributed by atoms with Gasteiger partial charge in [0.15, 0.2) is 35.6 Å². The third kappa shape index (κ3) is 4.47. The summed E-state index contributed by atoms with van der Waals surface area (Å²) in [4.78, 5) is 42.6. The average molecular weight is 520 g/mol. The number of amidine groups is 1. The molecule has 4 heterocycles. The van der Waals surface area contributed by atoms with Crippen molar-refractivity contribution in [2.45, 2.75) is 18.0 Å². The first kappa shape index (κ1) is 24.0. The molecule has 16 heteroatoms. The van der Waals surface area contributed by atoms with Crippen molar-refractivity contribution in [3.05, 3.63) is 52.4 Å². The van der Waals surface area contributed by atoms with E-state index in [1.54, 1.807) is 29.1 Å². The van der Waals surface area contributed by atoms with Crippen LogP contribution in [-0.2, 0) is 20.9 Å². The van der Waals surface area contributed by atoms with Crippen LogP contribution in [0.25, 0.3) is 0 Å². The number of nitrogens with two attached hydrogens (primary N) is 2. The van der Waals surface area contributed by atoms with Crippen LogP contribution < -0.4 is 21.4 Å². The number of carboxylic acids is 1. The number of thiazole rings is 1. The summed E-state index contributed by atoms with van der Waals surface area (Å²) in [5, 5.41) is 37.3. The second-order valence-corrected chi connectivity index (χ2v) is 9.38. The van der Waals surface area contributed by atoms with E-state index in [0.717, 1.165) is 16.2 Å². The van der Waals surface area contributed by atoms with Gasteiger partial charge in [0.2, 0.25) is 0 Å². The average Bonchev–Trinajstić information content (AvgIpc) is 3.27. The summed E-state index contributed by atoms with van der Waals surface area (Å²) in [5.41, 5.74) is 11.5. The molecule has 182 valence electrons. The first-order valence-electron chi connectivity index (χ1n) is 9.86. The van der Waals surface area contributed by atoms with Crippen LogP contribution in [0.3, 0.4) is 0 Å². The number of aromatic nitrogens is 2. The van der Waals surface area contributed by atoms with Gasteiger partial charge in [0, 0.05) is 22.8 Å². The van der Waals surface area contributed by atoms with E-state index in [2.05, 4.69) is 20.6 Å². The number of carbonyl (C=O) groups is 3. The molecule has 2 aliphatic rings. The van der Waals surface area contributed by atoms with E-state index in [1.807, 2.05) is 0 Å².